The molecule has 0 bridgehead atoms. The minimum Gasteiger partial charge on any atom is -0.379 e. The fourth-order valence-corrected chi connectivity index (χ4v) is 2.47. The number of ether oxygens (including phenoxy) is 1. The second-order valence-corrected chi connectivity index (χ2v) is 5.75. The van der Waals surface area contributed by atoms with Crippen LogP contribution in [0.15, 0.2) is 18.2 Å². The van der Waals surface area contributed by atoms with Crippen LogP contribution in [0.1, 0.15) is 30.5 Å². The standard InChI is InChI=1S/C15H23NO/c1-11-6-7-13(8-12(11)2)15(9-17-10-15)14(3,4)16-5/h6-8,16H,9-10H2,1-5H3. The van der Waals surface area contributed by atoms with Crippen LogP contribution in [0.4, 0.5) is 0 Å². The summed E-state index contributed by atoms with van der Waals surface area (Å²) in [6, 6.07) is 6.79. The summed E-state index contributed by atoms with van der Waals surface area (Å²) in [7, 11) is 2.03. The molecule has 0 amide bonds. The zero-order chi connectivity index (χ0) is 12.7. The van der Waals surface area contributed by atoms with Gasteiger partial charge in [0, 0.05) is 5.54 Å². The van der Waals surface area contributed by atoms with E-state index < -0.39 is 0 Å². The van der Waals surface area contributed by atoms with E-state index in [2.05, 4.69) is 51.2 Å². The molecule has 1 N–H and O–H groups in total. The molecular formula is C15H23NO. The molecule has 17 heavy (non-hydrogen) atoms. The number of rotatable bonds is 3. The lowest BCUT2D eigenvalue weighted by Crippen LogP contribution is -2.65. The third-order valence-electron chi connectivity index (χ3n) is 4.58. The lowest BCUT2D eigenvalue weighted by molar-refractivity contribution is -0.0991. The first-order valence-electron chi connectivity index (χ1n) is 6.27. The van der Waals surface area contributed by atoms with E-state index >= 15 is 0 Å². The van der Waals surface area contributed by atoms with Crippen LogP contribution < -0.4 is 5.32 Å². The average molecular weight is 233 g/mol. The number of nitrogens with one attached hydrogen (secondary N) is 1. The summed E-state index contributed by atoms with van der Waals surface area (Å²) in [6.45, 7) is 10.5. The van der Waals surface area contributed by atoms with Gasteiger partial charge in [-0.1, -0.05) is 18.2 Å². The third-order valence-corrected chi connectivity index (χ3v) is 4.58. The van der Waals surface area contributed by atoms with Gasteiger partial charge in [0.05, 0.1) is 18.6 Å². The topological polar surface area (TPSA) is 21.3 Å². The highest BCUT2D eigenvalue weighted by atomic mass is 16.5. The van der Waals surface area contributed by atoms with Crippen molar-refractivity contribution in [3.8, 4) is 0 Å². The molecule has 0 spiro atoms. The Morgan fingerprint density at radius 1 is 1.18 bits per heavy atom. The largest absolute Gasteiger partial charge is 0.379 e. The van der Waals surface area contributed by atoms with Gasteiger partial charge in [0.2, 0.25) is 0 Å². The highest BCUT2D eigenvalue weighted by Gasteiger charge is 2.51. The Labute approximate surface area is 104 Å². The summed E-state index contributed by atoms with van der Waals surface area (Å²) < 4.78 is 5.51. The van der Waals surface area contributed by atoms with Crippen LogP contribution in [0.3, 0.4) is 0 Å². The zero-order valence-corrected chi connectivity index (χ0v) is 11.6. The van der Waals surface area contributed by atoms with Gasteiger partial charge < -0.3 is 10.1 Å². The molecule has 0 atom stereocenters. The van der Waals surface area contributed by atoms with Crippen molar-refractivity contribution in [2.24, 2.45) is 0 Å². The molecule has 0 unspecified atom stereocenters. The van der Waals surface area contributed by atoms with Crippen molar-refractivity contribution in [1.82, 2.24) is 5.32 Å². The number of benzene rings is 1. The van der Waals surface area contributed by atoms with Crippen molar-refractivity contribution in [1.29, 1.82) is 0 Å². The van der Waals surface area contributed by atoms with Crippen molar-refractivity contribution in [3.05, 3.63) is 34.9 Å². The smallest absolute Gasteiger partial charge is 0.0603 e. The van der Waals surface area contributed by atoms with E-state index in [0.717, 1.165) is 13.2 Å². The fourth-order valence-electron chi connectivity index (χ4n) is 2.47. The Bertz CT molecular complexity index is 419. The van der Waals surface area contributed by atoms with E-state index in [4.69, 9.17) is 4.74 Å². The van der Waals surface area contributed by atoms with Crippen molar-refractivity contribution in [2.45, 2.75) is 38.6 Å². The summed E-state index contributed by atoms with van der Waals surface area (Å²) in [5, 5.41) is 3.44. The van der Waals surface area contributed by atoms with Crippen molar-refractivity contribution >= 4 is 0 Å². The summed E-state index contributed by atoms with van der Waals surface area (Å²) in [6.07, 6.45) is 0. The maximum Gasteiger partial charge on any atom is 0.0603 e. The molecule has 1 heterocycles. The number of aryl methyl sites for hydroxylation is 2. The number of likely N-dealkylation sites (N-methyl/N-ethyl adjacent to an activating group) is 1. The monoisotopic (exact) mass is 233 g/mol. The molecule has 2 heteroatoms. The van der Waals surface area contributed by atoms with Crippen LogP contribution in [0, 0.1) is 13.8 Å². The van der Waals surface area contributed by atoms with Crippen LogP contribution in [-0.2, 0) is 10.2 Å². The Morgan fingerprint density at radius 3 is 2.24 bits per heavy atom. The molecule has 0 aliphatic carbocycles. The second kappa shape index (κ2) is 4.11. The van der Waals surface area contributed by atoms with Crippen LogP contribution in [0.25, 0.3) is 0 Å². The molecule has 2 nitrogen and oxygen atoms in total. The second-order valence-electron chi connectivity index (χ2n) is 5.75. The molecule has 1 aromatic carbocycles. The van der Waals surface area contributed by atoms with E-state index in [1.54, 1.807) is 0 Å². The van der Waals surface area contributed by atoms with E-state index in [1.165, 1.54) is 16.7 Å². The molecule has 0 aromatic heterocycles. The highest BCUT2D eigenvalue weighted by Crippen LogP contribution is 2.42. The maximum atomic E-state index is 5.51. The van der Waals surface area contributed by atoms with Gasteiger partial charge in [-0.25, -0.2) is 0 Å². The summed E-state index contributed by atoms with van der Waals surface area (Å²) in [4.78, 5) is 0. The van der Waals surface area contributed by atoms with Gasteiger partial charge >= 0.3 is 0 Å². The zero-order valence-electron chi connectivity index (χ0n) is 11.6. The summed E-state index contributed by atoms with van der Waals surface area (Å²) in [5.41, 5.74) is 4.27. The van der Waals surface area contributed by atoms with Crippen LogP contribution in [0.2, 0.25) is 0 Å². The van der Waals surface area contributed by atoms with Gasteiger partial charge in [-0.05, 0) is 51.4 Å². The molecule has 94 valence electrons. The molecule has 1 aliphatic heterocycles. The molecule has 0 saturated carbocycles. The van der Waals surface area contributed by atoms with Gasteiger partial charge in [0.1, 0.15) is 0 Å². The van der Waals surface area contributed by atoms with Crippen LogP contribution in [0.5, 0.6) is 0 Å². The molecular weight excluding hydrogens is 210 g/mol. The Balaban J connectivity index is 2.45. The van der Waals surface area contributed by atoms with Gasteiger partial charge in [0.15, 0.2) is 0 Å². The first-order chi connectivity index (χ1) is 7.93. The lowest BCUT2D eigenvalue weighted by Gasteiger charge is -2.53. The minimum absolute atomic E-state index is 0.0486. The molecule has 1 fully saturated rings. The SMILES string of the molecule is CNC(C)(C)C1(c2ccc(C)c(C)c2)COC1. The van der Waals surface area contributed by atoms with Gasteiger partial charge in [-0.2, -0.15) is 0 Å². The first-order valence-corrected chi connectivity index (χ1v) is 6.27. The number of hydrogen-bond donors (Lipinski definition) is 1. The predicted octanol–water partition coefficient (Wildman–Crippen LogP) is 2.57. The number of hydrogen-bond acceptors (Lipinski definition) is 2. The van der Waals surface area contributed by atoms with Crippen molar-refractivity contribution in [2.75, 3.05) is 20.3 Å². The van der Waals surface area contributed by atoms with E-state index in [9.17, 15) is 0 Å². The van der Waals surface area contributed by atoms with Crippen LogP contribution >= 0.6 is 0 Å². The van der Waals surface area contributed by atoms with Crippen LogP contribution in [-0.4, -0.2) is 25.8 Å². The average Bonchev–Trinajstić information content (AvgIpc) is 2.21. The molecule has 1 saturated heterocycles. The van der Waals surface area contributed by atoms with E-state index in [-0.39, 0.29) is 11.0 Å². The fraction of sp³-hybridized carbons (Fsp3) is 0.600. The Kier molecular flexibility index (Phi) is 3.04. The van der Waals surface area contributed by atoms with Gasteiger partial charge in [-0.3, -0.25) is 0 Å². The van der Waals surface area contributed by atoms with Crippen molar-refractivity contribution in [3.63, 3.8) is 0 Å². The van der Waals surface area contributed by atoms with E-state index in [1.807, 2.05) is 7.05 Å². The molecule has 0 radical (unpaired) electrons. The third kappa shape index (κ3) is 1.80. The lowest BCUT2D eigenvalue weighted by atomic mass is 9.65. The quantitative estimate of drug-likeness (QED) is 0.866. The highest BCUT2D eigenvalue weighted by molar-refractivity contribution is 5.39. The van der Waals surface area contributed by atoms with Crippen molar-refractivity contribution < 1.29 is 4.74 Å². The summed E-state index contributed by atoms with van der Waals surface area (Å²) >= 11 is 0. The van der Waals surface area contributed by atoms with Gasteiger partial charge in [0.25, 0.3) is 0 Å². The predicted molar refractivity (Wildman–Crippen MR) is 71.6 cm³/mol. The van der Waals surface area contributed by atoms with Gasteiger partial charge in [-0.15, -0.1) is 0 Å². The Morgan fingerprint density at radius 2 is 1.82 bits per heavy atom. The minimum atomic E-state index is 0.0486. The first kappa shape index (κ1) is 12.6. The molecule has 1 aliphatic rings. The Hall–Kier alpha value is -0.860. The normalized spacial score (nSPS) is 18.9. The molecule has 1 aromatic rings. The maximum absolute atomic E-state index is 5.51. The van der Waals surface area contributed by atoms with E-state index in [0.29, 0.717) is 0 Å². The molecule has 2 rings (SSSR count). The summed E-state index contributed by atoms with van der Waals surface area (Å²) in [5.74, 6) is 0.